The Labute approximate surface area is 240 Å². The molecule has 2 atom stereocenters. The highest BCUT2D eigenvalue weighted by Gasteiger charge is 2.34. The number of nitrogens with zero attached hydrogens (tertiary/aromatic N) is 3. The maximum atomic E-state index is 14.2. The summed E-state index contributed by atoms with van der Waals surface area (Å²) in [6.07, 6.45) is 4.58. The number of imidazole rings is 1. The molecule has 0 spiro atoms. The number of halogens is 3. The number of nitrogens with two attached hydrogens (primary N) is 1. The average molecular weight is 584 g/mol. The molecular weight excluding hydrogens is 551 g/mol. The van der Waals surface area contributed by atoms with Gasteiger partial charge in [0.15, 0.2) is 0 Å². The van der Waals surface area contributed by atoms with Gasteiger partial charge in [-0.3, -0.25) is 4.79 Å². The highest BCUT2D eigenvalue weighted by Crippen LogP contribution is 2.33. The topological polar surface area (TPSA) is 98.5 Å². The molecule has 5 rings (SSSR count). The Bertz CT molecular complexity index is 1510. The Morgan fingerprint density at radius 2 is 2.05 bits per heavy atom. The molecule has 41 heavy (non-hydrogen) atoms. The lowest BCUT2D eigenvalue weighted by Crippen LogP contribution is -2.48. The van der Waals surface area contributed by atoms with Crippen molar-refractivity contribution in [2.24, 2.45) is 5.73 Å². The van der Waals surface area contributed by atoms with E-state index in [-0.39, 0.29) is 36.0 Å². The Kier molecular flexibility index (Phi) is 8.46. The van der Waals surface area contributed by atoms with Crippen LogP contribution in [0.1, 0.15) is 36.5 Å². The fourth-order valence-corrected chi connectivity index (χ4v) is 6.14. The van der Waals surface area contributed by atoms with Crippen molar-refractivity contribution in [2.75, 3.05) is 18.0 Å². The molecule has 2 aliphatic rings. The van der Waals surface area contributed by atoms with E-state index >= 15 is 0 Å². The maximum absolute atomic E-state index is 14.2. The number of allylic oxidation sites excluding steroid dienone is 2. The number of hydrogen-bond donors (Lipinski definition) is 3. The lowest BCUT2D eigenvalue weighted by molar-refractivity contribution is -0.137. The second-order valence-corrected chi connectivity index (χ2v) is 11.5. The minimum absolute atomic E-state index is 0.0312. The zero-order valence-electron chi connectivity index (χ0n) is 22.6. The molecule has 0 bridgehead atoms. The maximum Gasteiger partial charge on any atom is 0.416 e. The Balaban J connectivity index is 1.37. The van der Waals surface area contributed by atoms with Gasteiger partial charge >= 0.3 is 6.18 Å². The number of benzene rings is 2. The van der Waals surface area contributed by atoms with Crippen molar-refractivity contribution in [1.29, 1.82) is 0 Å². The van der Waals surface area contributed by atoms with Crippen LogP contribution in [0.15, 0.2) is 78.0 Å². The summed E-state index contributed by atoms with van der Waals surface area (Å²) in [5, 5.41) is 9.29. The number of aromatic amines is 1. The lowest BCUT2D eigenvalue weighted by atomic mass is 10.0. The van der Waals surface area contributed by atoms with Gasteiger partial charge < -0.3 is 25.6 Å². The number of thioether (sulfide) groups is 1. The second kappa shape index (κ2) is 12.0. The summed E-state index contributed by atoms with van der Waals surface area (Å²) >= 11 is 1.63. The van der Waals surface area contributed by atoms with E-state index in [1.807, 2.05) is 65.3 Å². The fraction of sp³-hybridized carbons (Fsp3) is 0.333. The summed E-state index contributed by atoms with van der Waals surface area (Å²) in [4.78, 5) is 25.4. The smallest absolute Gasteiger partial charge is 0.402 e. The number of aromatic nitrogens is 2. The van der Waals surface area contributed by atoms with Crippen LogP contribution in [0.4, 0.5) is 19.1 Å². The average Bonchev–Trinajstić information content (AvgIpc) is 3.40. The molecule has 0 fully saturated rings. The Morgan fingerprint density at radius 3 is 2.78 bits per heavy atom. The van der Waals surface area contributed by atoms with E-state index in [0.29, 0.717) is 47.9 Å². The van der Waals surface area contributed by atoms with Gasteiger partial charge in [-0.05, 0) is 42.7 Å². The van der Waals surface area contributed by atoms with Crippen molar-refractivity contribution in [3.05, 3.63) is 94.7 Å². The number of anilines is 1. The second-order valence-electron chi connectivity index (χ2n) is 10.2. The van der Waals surface area contributed by atoms with Crippen LogP contribution in [0.2, 0.25) is 0 Å². The minimum Gasteiger partial charge on any atom is -0.402 e. The van der Waals surface area contributed by atoms with Crippen LogP contribution in [-0.4, -0.2) is 50.4 Å². The summed E-state index contributed by atoms with van der Waals surface area (Å²) < 4.78 is 39.6. The molecule has 0 saturated heterocycles. The quantitative estimate of drug-likeness (QED) is 0.304. The van der Waals surface area contributed by atoms with Crippen LogP contribution in [0.5, 0.6) is 0 Å². The molecule has 3 aromatic rings. The summed E-state index contributed by atoms with van der Waals surface area (Å²) in [5.74, 6) is 0.886. The van der Waals surface area contributed by atoms with Gasteiger partial charge in [0.05, 0.1) is 46.7 Å². The minimum atomic E-state index is -4.45. The number of nitrogens with one attached hydrogen (secondary N) is 1. The fourth-order valence-electron chi connectivity index (χ4n) is 5.12. The Hall–Kier alpha value is -3.70. The molecular formula is C30H32F3N5O2S. The third-order valence-electron chi connectivity index (χ3n) is 7.35. The highest BCUT2D eigenvalue weighted by molar-refractivity contribution is 7.99. The number of aliphatic hydroxyl groups excluding tert-OH is 1. The molecule has 2 unspecified atom stereocenters. The standard InChI is InChI=1S/C30H32F3N5O2S/c1-19(41-18-21-7-5-6-20(14-21)17-39)38(23-8-3-2-4-9-23)28(40)24-16-37(13-12-25(24)34)29-35-26-11-10-22(30(31,32)33)15-27(26)36-29/h2-8,10-11,14-15,19,23,39H,9,12-13,16-18,34H2,1H3,(H,35,36). The lowest BCUT2D eigenvalue weighted by Gasteiger charge is -2.38. The molecule has 11 heteroatoms. The number of fused-ring (bicyclic) bond motifs is 1. The largest absolute Gasteiger partial charge is 0.416 e. The van der Waals surface area contributed by atoms with Gasteiger partial charge in [-0.15, -0.1) is 11.8 Å². The number of hydrogen-bond acceptors (Lipinski definition) is 6. The van der Waals surface area contributed by atoms with Crippen molar-refractivity contribution < 1.29 is 23.1 Å². The van der Waals surface area contributed by atoms with Crippen molar-refractivity contribution in [3.8, 4) is 0 Å². The molecule has 2 aromatic carbocycles. The first kappa shape index (κ1) is 28.8. The molecule has 1 amide bonds. The van der Waals surface area contributed by atoms with E-state index in [2.05, 4.69) is 9.97 Å². The van der Waals surface area contributed by atoms with Gasteiger partial charge in [-0.1, -0.05) is 48.6 Å². The molecule has 1 aliphatic carbocycles. The third-order valence-corrected chi connectivity index (χ3v) is 8.56. The van der Waals surface area contributed by atoms with Gasteiger partial charge in [0.25, 0.3) is 5.91 Å². The predicted molar refractivity (Wildman–Crippen MR) is 156 cm³/mol. The van der Waals surface area contributed by atoms with Crippen molar-refractivity contribution in [1.82, 2.24) is 14.9 Å². The van der Waals surface area contributed by atoms with Crippen molar-refractivity contribution in [3.63, 3.8) is 0 Å². The summed E-state index contributed by atoms with van der Waals surface area (Å²) in [5.41, 5.74) is 9.23. The zero-order chi connectivity index (χ0) is 29.1. The van der Waals surface area contributed by atoms with Crippen LogP contribution in [-0.2, 0) is 23.3 Å². The molecule has 1 aromatic heterocycles. The van der Waals surface area contributed by atoms with E-state index in [1.165, 1.54) is 6.07 Å². The van der Waals surface area contributed by atoms with E-state index in [0.717, 1.165) is 23.3 Å². The summed E-state index contributed by atoms with van der Waals surface area (Å²) in [6, 6.07) is 11.0. The number of carbonyl (C=O) groups is 1. The first-order valence-corrected chi connectivity index (χ1v) is 14.4. The molecule has 1 aliphatic heterocycles. The number of alkyl halides is 3. The highest BCUT2D eigenvalue weighted by atomic mass is 32.2. The number of H-pyrrole nitrogens is 1. The molecule has 4 N–H and O–H groups in total. The molecule has 0 radical (unpaired) electrons. The van der Waals surface area contributed by atoms with Crippen LogP contribution in [0, 0.1) is 0 Å². The van der Waals surface area contributed by atoms with E-state index in [4.69, 9.17) is 5.73 Å². The number of amides is 1. The summed E-state index contributed by atoms with van der Waals surface area (Å²) in [7, 11) is 0. The first-order valence-electron chi connectivity index (χ1n) is 13.4. The molecule has 2 heterocycles. The number of carbonyl (C=O) groups excluding carboxylic acids is 1. The Morgan fingerprint density at radius 1 is 1.24 bits per heavy atom. The van der Waals surface area contributed by atoms with Crippen molar-refractivity contribution >= 4 is 34.7 Å². The van der Waals surface area contributed by atoms with E-state index in [9.17, 15) is 23.1 Å². The zero-order valence-corrected chi connectivity index (χ0v) is 23.4. The van der Waals surface area contributed by atoms with Gasteiger partial charge in [-0.25, -0.2) is 4.98 Å². The summed E-state index contributed by atoms with van der Waals surface area (Å²) in [6.45, 7) is 2.64. The monoisotopic (exact) mass is 583 g/mol. The first-order chi connectivity index (χ1) is 19.6. The normalized spacial score (nSPS) is 18.3. The van der Waals surface area contributed by atoms with Gasteiger partial charge in [0, 0.05) is 24.4 Å². The SMILES string of the molecule is CC(SCc1cccc(CO)c1)N(C(=O)C1=C(N)CCN(c2nc3ccc(C(F)(F)F)cc3[nH]2)C1)C1C=CC=CC1. The predicted octanol–water partition coefficient (Wildman–Crippen LogP) is 5.49. The van der Waals surface area contributed by atoms with Gasteiger partial charge in [-0.2, -0.15) is 13.2 Å². The van der Waals surface area contributed by atoms with Crippen LogP contribution < -0.4 is 10.6 Å². The molecule has 216 valence electrons. The molecule has 7 nitrogen and oxygen atoms in total. The third kappa shape index (κ3) is 6.46. The number of rotatable bonds is 8. The van der Waals surface area contributed by atoms with Crippen LogP contribution in [0.3, 0.4) is 0 Å². The number of aliphatic hydroxyl groups is 1. The molecule has 0 saturated carbocycles. The van der Waals surface area contributed by atoms with E-state index in [1.54, 1.807) is 11.8 Å². The van der Waals surface area contributed by atoms with Gasteiger partial charge in [0.2, 0.25) is 5.95 Å². The van der Waals surface area contributed by atoms with Gasteiger partial charge in [0.1, 0.15) is 0 Å². The van der Waals surface area contributed by atoms with Crippen molar-refractivity contribution in [2.45, 2.75) is 49.7 Å². The van der Waals surface area contributed by atoms with E-state index < -0.39 is 11.7 Å². The van der Waals surface area contributed by atoms with Crippen LogP contribution in [0.25, 0.3) is 11.0 Å². The van der Waals surface area contributed by atoms with Crippen LogP contribution >= 0.6 is 11.8 Å².